The van der Waals surface area contributed by atoms with Gasteiger partial charge in [-0.15, -0.1) is 0 Å². The lowest BCUT2D eigenvalue weighted by molar-refractivity contribution is 0.102. The number of carbonyl (C=O) groups is 1. The van der Waals surface area contributed by atoms with Gasteiger partial charge in [0.15, 0.2) is 0 Å². The molecule has 0 unspecified atom stereocenters. The first kappa shape index (κ1) is 11.1. The van der Waals surface area contributed by atoms with E-state index in [0.717, 1.165) is 5.56 Å². The van der Waals surface area contributed by atoms with Gasteiger partial charge in [-0.3, -0.25) is 10.1 Å². The molecule has 0 saturated heterocycles. The highest BCUT2D eigenvalue weighted by molar-refractivity contribution is 6.07. The quantitative estimate of drug-likeness (QED) is 0.754. The van der Waals surface area contributed by atoms with Crippen LogP contribution >= 0.6 is 0 Å². The molecule has 1 aromatic carbocycles. The molecule has 0 aliphatic heterocycles. The summed E-state index contributed by atoms with van der Waals surface area (Å²) in [7, 11) is 1.70. The average molecular weight is 231 g/mol. The normalized spacial score (nSPS) is 10.2. The van der Waals surface area contributed by atoms with Gasteiger partial charge in [0.2, 0.25) is 5.95 Å². The lowest BCUT2D eigenvalue weighted by Gasteiger charge is -2.07. The van der Waals surface area contributed by atoms with Crippen LogP contribution in [0, 0.1) is 6.92 Å². The number of nitrogens with zero attached hydrogens (tertiary/aromatic N) is 3. The smallest absolute Gasteiger partial charge is 0.260 e. The standard InChI is InChI=1S/C11H13N5O/c1-7-3-4-9(12)8(5-7)10(17)15-11-13-6-14-16(11)2/h3-6H,12H2,1-2H3,(H,13,14,15,17). The molecule has 17 heavy (non-hydrogen) atoms. The van der Waals surface area contributed by atoms with E-state index >= 15 is 0 Å². The Labute approximate surface area is 98.5 Å². The Morgan fingerprint density at radius 3 is 2.88 bits per heavy atom. The number of hydrogen-bond donors (Lipinski definition) is 2. The van der Waals surface area contributed by atoms with Crippen LogP contribution in [0.3, 0.4) is 0 Å². The lowest BCUT2D eigenvalue weighted by atomic mass is 10.1. The number of rotatable bonds is 2. The number of benzene rings is 1. The van der Waals surface area contributed by atoms with Crippen LogP contribution < -0.4 is 11.1 Å². The van der Waals surface area contributed by atoms with Crippen molar-refractivity contribution in [2.45, 2.75) is 6.92 Å². The summed E-state index contributed by atoms with van der Waals surface area (Å²) < 4.78 is 1.48. The second-order valence-corrected chi connectivity index (χ2v) is 3.75. The molecule has 0 aliphatic rings. The summed E-state index contributed by atoms with van der Waals surface area (Å²) in [6.45, 7) is 1.90. The average Bonchev–Trinajstić information content (AvgIpc) is 2.68. The van der Waals surface area contributed by atoms with E-state index in [0.29, 0.717) is 17.2 Å². The Morgan fingerprint density at radius 2 is 2.24 bits per heavy atom. The molecule has 1 amide bonds. The fourth-order valence-electron chi connectivity index (χ4n) is 1.45. The largest absolute Gasteiger partial charge is 0.398 e. The summed E-state index contributed by atoms with van der Waals surface area (Å²) in [5.41, 5.74) is 7.61. The van der Waals surface area contributed by atoms with Crippen molar-refractivity contribution in [3.8, 4) is 0 Å². The van der Waals surface area contributed by atoms with Gasteiger partial charge in [-0.05, 0) is 19.1 Å². The minimum atomic E-state index is -0.290. The predicted molar refractivity (Wildman–Crippen MR) is 64.5 cm³/mol. The maximum Gasteiger partial charge on any atom is 0.260 e. The van der Waals surface area contributed by atoms with Crippen molar-refractivity contribution in [3.63, 3.8) is 0 Å². The van der Waals surface area contributed by atoms with Crippen LogP contribution in [0.15, 0.2) is 24.5 Å². The Bertz CT molecular complexity index is 561. The molecule has 0 radical (unpaired) electrons. The minimum Gasteiger partial charge on any atom is -0.398 e. The van der Waals surface area contributed by atoms with E-state index in [2.05, 4.69) is 15.4 Å². The third-order valence-electron chi connectivity index (χ3n) is 2.39. The Morgan fingerprint density at radius 1 is 1.47 bits per heavy atom. The van der Waals surface area contributed by atoms with Gasteiger partial charge in [0.05, 0.1) is 5.56 Å². The van der Waals surface area contributed by atoms with Gasteiger partial charge in [-0.2, -0.15) is 10.1 Å². The van der Waals surface area contributed by atoms with Crippen molar-refractivity contribution in [1.82, 2.24) is 14.8 Å². The molecule has 0 bridgehead atoms. The highest BCUT2D eigenvalue weighted by Gasteiger charge is 2.12. The number of nitrogens with two attached hydrogens (primary N) is 1. The number of amides is 1. The van der Waals surface area contributed by atoms with Gasteiger partial charge in [-0.1, -0.05) is 11.6 Å². The van der Waals surface area contributed by atoms with E-state index in [1.807, 2.05) is 13.0 Å². The fraction of sp³-hybridized carbons (Fsp3) is 0.182. The van der Waals surface area contributed by atoms with Crippen LogP contribution in [-0.2, 0) is 7.05 Å². The van der Waals surface area contributed by atoms with Gasteiger partial charge < -0.3 is 5.73 Å². The van der Waals surface area contributed by atoms with Crippen molar-refractivity contribution in [2.75, 3.05) is 11.1 Å². The van der Waals surface area contributed by atoms with Crippen molar-refractivity contribution in [1.29, 1.82) is 0 Å². The molecule has 6 heteroatoms. The van der Waals surface area contributed by atoms with Crippen LogP contribution in [0.5, 0.6) is 0 Å². The summed E-state index contributed by atoms with van der Waals surface area (Å²) in [4.78, 5) is 15.9. The molecule has 6 nitrogen and oxygen atoms in total. The third kappa shape index (κ3) is 2.25. The second kappa shape index (κ2) is 4.25. The summed E-state index contributed by atoms with van der Waals surface area (Å²) in [6, 6.07) is 5.30. The molecule has 2 aromatic rings. The van der Waals surface area contributed by atoms with E-state index in [-0.39, 0.29) is 5.91 Å². The van der Waals surface area contributed by atoms with E-state index in [1.54, 1.807) is 19.2 Å². The molecule has 0 aliphatic carbocycles. The first-order valence-electron chi connectivity index (χ1n) is 5.09. The summed E-state index contributed by atoms with van der Waals surface area (Å²) >= 11 is 0. The molecule has 0 saturated carbocycles. The molecule has 0 spiro atoms. The maximum atomic E-state index is 12.0. The molecule has 0 fully saturated rings. The van der Waals surface area contributed by atoms with Crippen LogP contribution in [-0.4, -0.2) is 20.7 Å². The molecular formula is C11H13N5O. The second-order valence-electron chi connectivity index (χ2n) is 3.75. The zero-order valence-corrected chi connectivity index (χ0v) is 9.64. The first-order chi connectivity index (χ1) is 8.08. The Hall–Kier alpha value is -2.37. The summed E-state index contributed by atoms with van der Waals surface area (Å²) in [5, 5.41) is 6.51. The van der Waals surface area contributed by atoms with Gasteiger partial charge in [0, 0.05) is 12.7 Å². The Kier molecular flexibility index (Phi) is 2.78. The van der Waals surface area contributed by atoms with Gasteiger partial charge in [0.1, 0.15) is 6.33 Å². The molecule has 1 heterocycles. The van der Waals surface area contributed by atoms with Crippen LogP contribution in [0.4, 0.5) is 11.6 Å². The maximum absolute atomic E-state index is 12.0. The SMILES string of the molecule is Cc1ccc(N)c(C(=O)Nc2ncnn2C)c1. The van der Waals surface area contributed by atoms with E-state index in [9.17, 15) is 4.79 Å². The van der Waals surface area contributed by atoms with Gasteiger partial charge in [0.25, 0.3) is 5.91 Å². The number of aryl methyl sites for hydroxylation is 2. The topological polar surface area (TPSA) is 85.8 Å². The third-order valence-corrected chi connectivity index (χ3v) is 2.39. The lowest BCUT2D eigenvalue weighted by Crippen LogP contribution is -2.17. The van der Waals surface area contributed by atoms with Gasteiger partial charge >= 0.3 is 0 Å². The van der Waals surface area contributed by atoms with E-state index < -0.39 is 0 Å². The minimum absolute atomic E-state index is 0.290. The zero-order valence-electron chi connectivity index (χ0n) is 9.64. The summed E-state index contributed by atoms with van der Waals surface area (Å²) in [6.07, 6.45) is 1.37. The number of anilines is 2. The van der Waals surface area contributed by atoms with Crippen molar-refractivity contribution < 1.29 is 4.79 Å². The Balaban J connectivity index is 2.26. The fourth-order valence-corrected chi connectivity index (χ4v) is 1.45. The first-order valence-corrected chi connectivity index (χ1v) is 5.09. The monoisotopic (exact) mass is 231 g/mol. The summed E-state index contributed by atoms with van der Waals surface area (Å²) in [5.74, 6) is 0.0956. The number of nitrogens with one attached hydrogen (secondary N) is 1. The van der Waals surface area contributed by atoms with Crippen molar-refractivity contribution in [3.05, 3.63) is 35.7 Å². The van der Waals surface area contributed by atoms with Crippen molar-refractivity contribution >= 4 is 17.5 Å². The van der Waals surface area contributed by atoms with Crippen LogP contribution in [0.1, 0.15) is 15.9 Å². The highest BCUT2D eigenvalue weighted by Crippen LogP contribution is 2.15. The molecule has 0 atom stereocenters. The molecule has 2 rings (SSSR count). The highest BCUT2D eigenvalue weighted by atomic mass is 16.1. The predicted octanol–water partition coefficient (Wildman–Crippen LogP) is 0.958. The zero-order chi connectivity index (χ0) is 12.4. The molecule has 3 N–H and O–H groups in total. The van der Waals surface area contributed by atoms with Crippen molar-refractivity contribution in [2.24, 2.45) is 7.05 Å². The molecule has 88 valence electrons. The van der Waals surface area contributed by atoms with Gasteiger partial charge in [-0.25, -0.2) is 4.68 Å². The van der Waals surface area contributed by atoms with E-state index in [4.69, 9.17) is 5.73 Å². The number of carbonyl (C=O) groups excluding carboxylic acids is 1. The molecule has 1 aromatic heterocycles. The van der Waals surface area contributed by atoms with E-state index in [1.165, 1.54) is 11.0 Å². The number of nitrogen functional groups attached to an aromatic ring is 1. The van der Waals surface area contributed by atoms with Crippen LogP contribution in [0.25, 0.3) is 0 Å². The number of hydrogen-bond acceptors (Lipinski definition) is 4. The van der Waals surface area contributed by atoms with Crippen LogP contribution in [0.2, 0.25) is 0 Å². The number of aromatic nitrogens is 3. The molecular weight excluding hydrogens is 218 g/mol.